The summed E-state index contributed by atoms with van der Waals surface area (Å²) >= 11 is 6.40. The van der Waals surface area contributed by atoms with E-state index in [0.717, 1.165) is 6.08 Å². The maximum atomic E-state index is 17.4. The van der Waals surface area contributed by atoms with Gasteiger partial charge in [-0.1, -0.05) is 36.7 Å². The van der Waals surface area contributed by atoms with Crippen molar-refractivity contribution in [2.45, 2.75) is 103 Å². The van der Waals surface area contributed by atoms with E-state index in [0.29, 0.717) is 11.0 Å². The molecule has 1 amide bonds. The Hall–Kier alpha value is -5.16. The molecule has 0 spiro atoms. The van der Waals surface area contributed by atoms with Crippen molar-refractivity contribution in [3.05, 3.63) is 65.1 Å². The van der Waals surface area contributed by atoms with Crippen LogP contribution in [-0.4, -0.2) is 101 Å². The molecular weight excluding hydrogens is 823 g/mol. The second kappa shape index (κ2) is 17.7. The number of alkyl halides is 3. The van der Waals surface area contributed by atoms with Gasteiger partial charge in [-0.15, -0.1) is 0 Å². The van der Waals surface area contributed by atoms with E-state index in [1.165, 1.54) is 28.1 Å². The fourth-order valence-corrected chi connectivity index (χ4v) is 7.44. The van der Waals surface area contributed by atoms with Crippen LogP contribution >= 0.6 is 11.6 Å². The van der Waals surface area contributed by atoms with Gasteiger partial charge in [0.25, 0.3) is 0 Å². The molecule has 330 valence electrons. The minimum atomic E-state index is -3.76. The molecule has 61 heavy (non-hydrogen) atoms. The summed E-state index contributed by atoms with van der Waals surface area (Å²) in [5, 5.41) is 0.578. The number of piperidine rings is 1. The molecule has 0 bridgehead atoms. The van der Waals surface area contributed by atoms with E-state index in [-0.39, 0.29) is 79.1 Å². The van der Waals surface area contributed by atoms with Crippen molar-refractivity contribution in [1.29, 1.82) is 0 Å². The standard InChI is InChI=1S/C43H51ClF3N5O9/c1-9-57-32(53)15-12-18-56-24-43(46,47)38-49-33-28-13-10-11-14-31(28)59-34(33)35(50-38)52-23-27(20-30(52)37(54)60-40(3,4)5)58-36-29(19-26(44)21-48-36)42(45)16-17-51(22-25(42)2)39(55)61-41(6,7)8/h10-15,19,21,25,27,30H,9,16-18,20,22-24H2,1-8H3/b15-12+/t25-,27-,30-,42+/m0/s1. The summed E-state index contributed by atoms with van der Waals surface area (Å²) in [5.41, 5.74) is -3.22. The molecule has 0 N–H and O–H groups in total. The van der Waals surface area contributed by atoms with Gasteiger partial charge in [-0.3, -0.25) is 0 Å². The van der Waals surface area contributed by atoms with Crippen LogP contribution < -0.4 is 9.64 Å². The normalized spacial score (nSPS) is 21.3. The fourth-order valence-electron chi connectivity index (χ4n) is 7.28. The number of hydrogen-bond donors (Lipinski definition) is 0. The lowest BCUT2D eigenvalue weighted by molar-refractivity contribution is -0.156. The highest BCUT2D eigenvalue weighted by atomic mass is 35.5. The number of pyridine rings is 1. The number of anilines is 1. The number of halogens is 4. The van der Waals surface area contributed by atoms with Crippen molar-refractivity contribution in [1.82, 2.24) is 19.9 Å². The largest absolute Gasteiger partial charge is 0.472 e. The number of hydrogen-bond acceptors (Lipinski definition) is 13. The van der Waals surface area contributed by atoms with Crippen LogP contribution in [0.2, 0.25) is 5.02 Å². The molecule has 1 aromatic carbocycles. The van der Waals surface area contributed by atoms with Crippen molar-refractivity contribution < 1.29 is 55.7 Å². The number of ether oxygens (including phenoxy) is 5. The van der Waals surface area contributed by atoms with Crippen molar-refractivity contribution in [3.63, 3.8) is 0 Å². The Balaban J connectivity index is 1.35. The molecule has 2 fully saturated rings. The number of aromatic nitrogens is 3. The lowest BCUT2D eigenvalue weighted by Crippen LogP contribution is -2.50. The van der Waals surface area contributed by atoms with Crippen LogP contribution in [0.4, 0.5) is 23.8 Å². The van der Waals surface area contributed by atoms with E-state index in [1.807, 2.05) is 0 Å². The molecule has 4 aromatic rings. The van der Waals surface area contributed by atoms with Crippen LogP contribution in [0.1, 0.15) is 79.6 Å². The molecular formula is C43H51ClF3N5O9. The Morgan fingerprint density at radius 3 is 2.46 bits per heavy atom. The maximum absolute atomic E-state index is 17.4. The average molecular weight is 874 g/mol. The van der Waals surface area contributed by atoms with Crippen LogP contribution in [-0.2, 0) is 40.1 Å². The molecule has 0 aliphatic carbocycles. The molecule has 0 radical (unpaired) electrons. The summed E-state index contributed by atoms with van der Waals surface area (Å²) in [5.74, 6) is -6.96. The van der Waals surface area contributed by atoms with Gasteiger partial charge in [0.2, 0.25) is 11.7 Å². The number of fused-ring (bicyclic) bond motifs is 3. The van der Waals surface area contributed by atoms with Gasteiger partial charge >= 0.3 is 24.0 Å². The Labute approximate surface area is 356 Å². The molecule has 14 nitrogen and oxygen atoms in total. The zero-order valence-electron chi connectivity index (χ0n) is 35.4. The van der Waals surface area contributed by atoms with Gasteiger partial charge in [0, 0.05) is 49.5 Å². The Morgan fingerprint density at radius 1 is 1.05 bits per heavy atom. The third-order valence-corrected chi connectivity index (χ3v) is 10.2. The number of amides is 1. The first-order chi connectivity index (χ1) is 28.6. The van der Waals surface area contributed by atoms with Crippen LogP contribution in [0.3, 0.4) is 0 Å². The number of furan rings is 1. The second-order valence-corrected chi connectivity index (χ2v) is 17.6. The topological polar surface area (TPSA) is 156 Å². The Kier molecular flexibility index (Phi) is 13.1. The van der Waals surface area contributed by atoms with Crippen LogP contribution in [0.15, 0.2) is 53.1 Å². The summed E-state index contributed by atoms with van der Waals surface area (Å²) in [6.45, 7) is 12.3. The van der Waals surface area contributed by atoms with E-state index < -0.39 is 71.3 Å². The van der Waals surface area contributed by atoms with E-state index >= 15 is 13.2 Å². The number of nitrogens with zero attached hydrogens (tertiary/aromatic N) is 5. The highest BCUT2D eigenvalue weighted by Gasteiger charge is 2.49. The molecule has 2 saturated heterocycles. The molecule has 2 aliphatic rings. The van der Waals surface area contributed by atoms with E-state index in [1.54, 1.807) is 79.7 Å². The maximum Gasteiger partial charge on any atom is 0.410 e. The van der Waals surface area contributed by atoms with Gasteiger partial charge in [0.15, 0.2) is 11.4 Å². The van der Waals surface area contributed by atoms with Crippen molar-refractivity contribution in [3.8, 4) is 5.88 Å². The average Bonchev–Trinajstić information content (AvgIpc) is 3.77. The number of carbonyl (C=O) groups excluding carboxylic acids is 3. The molecule has 4 atom stereocenters. The quantitative estimate of drug-likeness (QED) is 0.0579. The van der Waals surface area contributed by atoms with E-state index in [2.05, 4.69) is 15.0 Å². The first kappa shape index (κ1) is 45.4. The van der Waals surface area contributed by atoms with Crippen LogP contribution in [0, 0.1) is 5.92 Å². The van der Waals surface area contributed by atoms with Crippen molar-refractivity contribution in [2.75, 3.05) is 44.4 Å². The van der Waals surface area contributed by atoms with Gasteiger partial charge in [-0.2, -0.15) is 8.78 Å². The number of likely N-dealkylation sites (tertiary alicyclic amines) is 1. The molecule has 6 rings (SSSR count). The Bertz CT molecular complexity index is 2290. The number of carbonyl (C=O) groups is 3. The van der Waals surface area contributed by atoms with E-state index in [9.17, 15) is 14.4 Å². The minimum Gasteiger partial charge on any atom is -0.472 e. The fraction of sp³-hybridized carbons (Fsp3) is 0.535. The zero-order valence-corrected chi connectivity index (χ0v) is 36.2. The third kappa shape index (κ3) is 10.5. The van der Waals surface area contributed by atoms with Gasteiger partial charge in [-0.25, -0.2) is 33.7 Å². The van der Waals surface area contributed by atoms with Crippen molar-refractivity contribution in [2.24, 2.45) is 5.92 Å². The smallest absolute Gasteiger partial charge is 0.410 e. The molecule has 0 unspecified atom stereocenters. The SMILES string of the molecule is CCOC(=O)/C=C/COCC(F)(F)c1nc(N2C[C@@H](Oc3ncc(Cl)cc3[C@@]3(F)CCN(C(=O)OC(C)(C)C)C[C@@H]3C)C[C@H]2C(=O)OC(C)(C)C)c2oc3ccccc3c2n1. The molecule has 0 saturated carbocycles. The summed E-state index contributed by atoms with van der Waals surface area (Å²) in [6, 6.07) is 7.02. The molecule has 5 heterocycles. The summed E-state index contributed by atoms with van der Waals surface area (Å²) < 4.78 is 83.5. The van der Waals surface area contributed by atoms with Gasteiger partial charge < -0.3 is 37.9 Å². The lowest BCUT2D eigenvalue weighted by atomic mass is 9.79. The first-order valence-electron chi connectivity index (χ1n) is 20.1. The van der Waals surface area contributed by atoms with Crippen LogP contribution in [0.5, 0.6) is 5.88 Å². The number of benzene rings is 1. The predicted octanol–water partition coefficient (Wildman–Crippen LogP) is 8.46. The highest BCUT2D eigenvalue weighted by Crippen LogP contribution is 2.46. The van der Waals surface area contributed by atoms with Gasteiger partial charge in [0.1, 0.15) is 46.7 Å². The first-order valence-corrected chi connectivity index (χ1v) is 20.4. The van der Waals surface area contributed by atoms with Crippen LogP contribution in [0.25, 0.3) is 22.1 Å². The summed E-state index contributed by atoms with van der Waals surface area (Å²) in [4.78, 5) is 54.5. The van der Waals surface area contributed by atoms with Crippen molar-refractivity contribution >= 4 is 57.5 Å². The molecule has 18 heteroatoms. The minimum absolute atomic E-state index is 0.0341. The number of esters is 2. The summed E-state index contributed by atoms with van der Waals surface area (Å²) in [6.07, 6.45) is 2.04. The summed E-state index contributed by atoms with van der Waals surface area (Å²) in [7, 11) is 0. The van der Waals surface area contributed by atoms with E-state index in [4.69, 9.17) is 39.7 Å². The number of para-hydroxylation sites is 1. The highest BCUT2D eigenvalue weighted by molar-refractivity contribution is 6.30. The molecule has 2 aliphatic heterocycles. The monoisotopic (exact) mass is 873 g/mol. The number of rotatable bonds is 12. The van der Waals surface area contributed by atoms with Gasteiger partial charge in [-0.05, 0) is 66.7 Å². The third-order valence-electron chi connectivity index (χ3n) is 10.00. The second-order valence-electron chi connectivity index (χ2n) is 17.1. The van der Waals surface area contributed by atoms with Gasteiger partial charge in [0.05, 0.1) is 30.3 Å². The zero-order chi connectivity index (χ0) is 44.5. The Morgan fingerprint density at radius 2 is 1.77 bits per heavy atom. The predicted molar refractivity (Wildman–Crippen MR) is 219 cm³/mol. The lowest BCUT2D eigenvalue weighted by Gasteiger charge is -2.42. The molecule has 3 aromatic heterocycles.